The lowest BCUT2D eigenvalue weighted by atomic mass is 9.90. The largest absolute Gasteiger partial charge is 0.497 e. The first-order valence-electron chi connectivity index (χ1n) is 11.9. The fourth-order valence-electron chi connectivity index (χ4n) is 4.81. The molecule has 0 bridgehead atoms. The fraction of sp³-hybridized carbons (Fsp3) is 0.286. The van der Waals surface area contributed by atoms with E-state index in [1.54, 1.807) is 13.2 Å². The Morgan fingerprint density at radius 2 is 1.83 bits per heavy atom. The Bertz CT molecular complexity index is 1330. The Morgan fingerprint density at radius 1 is 1.03 bits per heavy atom. The summed E-state index contributed by atoms with van der Waals surface area (Å²) in [5.41, 5.74) is 2.91. The number of methoxy groups -OCH3 is 1. The van der Waals surface area contributed by atoms with E-state index in [1.807, 2.05) is 49.4 Å². The van der Waals surface area contributed by atoms with E-state index >= 15 is 0 Å². The zero-order valence-electron chi connectivity index (χ0n) is 20.0. The number of aromatic nitrogens is 2. The molecule has 5 rings (SSSR count). The van der Waals surface area contributed by atoms with Gasteiger partial charge in [-0.3, -0.25) is 14.7 Å². The summed E-state index contributed by atoms with van der Waals surface area (Å²) in [6.45, 7) is 4.97. The molecule has 2 aromatic carbocycles. The molecule has 0 radical (unpaired) electrons. The average molecular weight is 471 g/mol. The van der Waals surface area contributed by atoms with Crippen LogP contribution in [0.25, 0.3) is 0 Å². The Labute approximate surface area is 204 Å². The molecule has 35 heavy (non-hydrogen) atoms. The summed E-state index contributed by atoms with van der Waals surface area (Å²) in [6.07, 6.45) is 0. The summed E-state index contributed by atoms with van der Waals surface area (Å²) in [4.78, 5) is 22.7. The normalized spacial score (nSPS) is 18.0. The van der Waals surface area contributed by atoms with Crippen LogP contribution in [0.1, 0.15) is 40.2 Å². The second kappa shape index (κ2) is 10.2. The number of anilines is 1. The third-order valence-electron chi connectivity index (χ3n) is 6.51. The molecule has 7 heteroatoms. The van der Waals surface area contributed by atoms with E-state index in [1.165, 1.54) is 5.56 Å². The highest BCUT2D eigenvalue weighted by atomic mass is 16.5. The van der Waals surface area contributed by atoms with Crippen molar-refractivity contribution >= 4 is 5.95 Å². The maximum absolute atomic E-state index is 12.6. The molecular weight excluding hydrogens is 440 g/mol. The minimum Gasteiger partial charge on any atom is -0.497 e. The van der Waals surface area contributed by atoms with Gasteiger partial charge in [0.15, 0.2) is 0 Å². The van der Waals surface area contributed by atoms with Gasteiger partial charge in [0.2, 0.25) is 5.95 Å². The molecule has 2 aromatic heterocycles. The minimum absolute atomic E-state index is 0.0453. The van der Waals surface area contributed by atoms with Gasteiger partial charge in [-0.1, -0.05) is 42.5 Å². The second-order valence-electron chi connectivity index (χ2n) is 9.07. The lowest BCUT2D eigenvalue weighted by Crippen LogP contribution is -2.21. The quantitative estimate of drug-likeness (QED) is 0.389. The Hall–Kier alpha value is -3.84. The molecule has 1 fully saturated rings. The zero-order chi connectivity index (χ0) is 24.2. The molecule has 1 aliphatic heterocycles. The molecule has 4 aromatic rings. The Morgan fingerprint density at radius 3 is 2.60 bits per heavy atom. The molecule has 0 aliphatic carbocycles. The molecule has 0 unspecified atom stereocenters. The van der Waals surface area contributed by atoms with Gasteiger partial charge >= 0.3 is 0 Å². The van der Waals surface area contributed by atoms with Crippen LogP contribution in [0.4, 0.5) is 5.95 Å². The number of nitrogens with one attached hydrogen (secondary N) is 2. The molecule has 0 amide bonds. The molecule has 0 spiro atoms. The van der Waals surface area contributed by atoms with E-state index in [0.717, 1.165) is 48.2 Å². The predicted molar refractivity (Wildman–Crippen MR) is 136 cm³/mol. The number of hydrogen-bond acceptors (Lipinski definition) is 6. The maximum Gasteiger partial charge on any atom is 0.252 e. The highest BCUT2D eigenvalue weighted by Gasteiger charge is 2.38. The number of ether oxygens (including phenoxy) is 1. The van der Waals surface area contributed by atoms with Gasteiger partial charge in [-0.05, 0) is 42.3 Å². The topological polar surface area (TPSA) is 83.4 Å². The summed E-state index contributed by atoms with van der Waals surface area (Å²) in [5, 5.41) is 3.27. The first-order valence-corrected chi connectivity index (χ1v) is 11.9. The smallest absolute Gasteiger partial charge is 0.252 e. The molecule has 3 heterocycles. The van der Waals surface area contributed by atoms with Crippen LogP contribution in [0.2, 0.25) is 0 Å². The van der Waals surface area contributed by atoms with Crippen molar-refractivity contribution in [3.63, 3.8) is 0 Å². The van der Waals surface area contributed by atoms with Crippen molar-refractivity contribution in [2.75, 3.05) is 25.5 Å². The van der Waals surface area contributed by atoms with Crippen molar-refractivity contribution < 1.29 is 9.15 Å². The van der Waals surface area contributed by atoms with Crippen LogP contribution in [-0.2, 0) is 13.1 Å². The van der Waals surface area contributed by atoms with Gasteiger partial charge in [-0.25, -0.2) is 4.98 Å². The molecule has 180 valence electrons. The third kappa shape index (κ3) is 5.46. The lowest BCUT2D eigenvalue weighted by molar-refractivity contribution is 0.319. The number of nitrogens with zero attached hydrogens (tertiary/aromatic N) is 2. The summed E-state index contributed by atoms with van der Waals surface area (Å²) in [5.74, 6) is 3.25. The van der Waals surface area contributed by atoms with Gasteiger partial charge in [0.05, 0.1) is 12.8 Å². The summed E-state index contributed by atoms with van der Waals surface area (Å²) < 4.78 is 11.3. The number of H-pyrrole nitrogens is 1. The monoisotopic (exact) mass is 470 g/mol. The van der Waals surface area contributed by atoms with Crippen LogP contribution < -0.4 is 15.6 Å². The molecule has 1 saturated heterocycles. The van der Waals surface area contributed by atoms with Crippen LogP contribution in [0.15, 0.2) is 82.0 Å². The van der Waals surface area contributed by atoms with Gasteiger partial charge < -0.3 is 14.5 Å². The summed E-state index contributed by atoms with van der Waals surface area (Å²) in [6, 6.07) is 23.9. The fourth-order valence-corrected chi connectivity index (χ4v) is 4.81. The van der Waals surface area contributed by atoms with Gasteiger partial charge in [0.25, 0.3) is 5.56 Å². The molecule has 2 atom stereocenters. The van der Waals surface area contributed by atoms with Crippen molar-refractivity contribution in [3.8, 4) is 5.75 Å². The molecule has 2 N–H and O–H groups in total. The zero-order valence-corrected chi connectivity index (χ0v) is 20.0. The van der Waals surface area contributed by atoms with Gasteiger partial charge in [-0.15, -0.1) is 0 Å². The van der Waals surface area contributed by atoms with Gasteiger partial charge in [0, 0.05) is 44.1 Å². The first-order chi connectivity index (χ1) is 17.1. The van der Waals surface area contributed by atoms with E-state index in [2.05, 4.69) is 39.5 Å². The van der Waals surface area contributed by atoms with E-state index < -0.39 is 0 Å². The molecule has 1 aliphatic rings. The average Bonchev–Trinajstić information content (AvgIpc) is 3.49. The number of rotatable bonds is 8. The van der Waals surface area contributed by atoms with Crippen molar-refractivity contribution in [1.82, 2.24) is 14.9 Å². The van der Waals surface area contributed by atoms with Crippen molar-refractivity contribution in [3.05, 3.63) is 111 Å². The third-order valence-corrected chi connectivity index (χ3v) is 6.51. The van der Waals surface area contributed by atoms with E-state index in [9.17, 15) is 4.79 Å². The number of hydrogen-bond donors (Lipinski definition) is 2. The molecular formula is C28H30N4O3. The van der Waals surface area contributed by atoms with Crippen LogP contribution in [-0.4, -0.2) is 35.1 Å². The SMILES string of the molecule is COc1cccc(CNc2nc([C@@H]3CN(Cc4ccccc4)C[C@H]3c3ccc(C)o3)cc(=O)[nH]2)c1. The number of likely N-dealkylation sites (tertiary alicyclic amines) is 1. The summed E-state index contributed by atoms with van der Waals surface area (Å²) in [7, 11) is 1.65. The van der Waals surface area contributed by atoms with E-state index in [0.29, 0.717) is 12.5 Å². The molecule has 0 saturated carbocycles. The minimum atomic E-state index is -0.168. The van der Waals surface area contributed by atoms with Crippen molar-refractivity contribution in [1.29, 1.82) is 0 Å². The maximum atomic E-state index is 12.6. The number of benzene rings is 2. The molecule has 7 nitrogen and oxygen atoms in total. The van der Waals surface area contributed by atoms with Crippen LogP contribution in [0.3, 0.4) is 0 Å². The van der Waals surface area contributed by atoms with Gasteiger partial charge in [0.1, 0.15) is 17.3 Å². The highest BCUT2D eigenvalue weighted by molar-refractivity contribution is 5.34. The Balaban J connectivity index is 1.39. The highest BCUT2D eigenvalue weighted by Crippen LogP contribution is 2.40. The number of furan rings is 1. The number of aryl methyl sites for hydroxylation is 1. The second-order valence-corrected chi connectivity index (χ2v) is 9.07. The van der Waals surface area contributed by atoms with Crippen molar-refractivity contribution in [2.45, 2.75) is 31.8 Å². The first kappa shape index (κ1) is 22.9. The van der Waals surface area contributed by atoms with E-state index in [4.69, 9.17) is 14.1 Å². The Kier molecular flexibility index (Phi) is 6.68. The van der Waals surface area contributed by atoms with Crippen molar-refractivity contribution in [2.24, 2.45) is 0 Å². The van der Waals surface area contributed by atoms with Crippen LogP contribution >= 0.6 is 0 Å². The van der Waals surface area contributed by atoms with Gasteiger partial charge in [-0.2, -0.15) is 0 Å². The lowest BCUT2D eigenvalue weighted by Gasteiger charge is -2.17. The van der Waals surface area contributed by atoms with E-state index in [-0.39, 0.29) is 17.4 Å². The number of aromatic amines is 1. The van der Waals surface area contributed by atoms with Crippen LogP contribution in [0, 0.1) is 6.92 Å². The van der Waals surface area contributed by atoms with Crippen LogP contribution in [0.5, 0.6) is 5.75 Å². The standard InChI is InChI=1S/C28H30N4O3/c1-19-11-12-26(35-19)24-18-32(16-20-7-4-3-5-8-20)17-23(24)25-14-27(33)31-28(30-25)29-15-21-9-6-10-22(13-21)34-2/h3-14,23-24H,15-18H2,1-2H3,(H2,29,30,31,33)/t23-,24-/m1/s1. The predicted octanol–water partition coefficient (Wildman–Crippen LogP) is 4.68. The summed E-state index contributed by atoms with van der Waals surface area (Å²) >= 11 is 0.